The molecule has 0 saturated carbocycles. The maximum absolute atomic E-state index is 10.8. The molecule has 0 saturated heterocycles. The Morgan fingerprint density at radius 3 is 2.67 bits per heavy atom. The van der Waals surface area contributed by atoms with Gasteiger partial charge in [0.15, 0.2) is 5.12 Å². The number of ether oxygens (including phenoxy) is 1. The van der Waals surface area contributed by atoms with Crippen LogP contribution in [0, 0.1) is 0 Å². The lowest BCUT2D eigenvalue weighted by Gasteiger charge is -2.18. The van der Waals surface area contributed by atoms with Crippen LogP contribution in [0.3, 0.4) is 0 Å². The average Bonchev–Trinajstić information content (AvgIpc) is 2.34. The summed E-state index contributed by atoms with van der Waals surface area (Å²) >= 11 is 6.94. The van der Waals surface area contributed by atoms with Crippen molar-refractivity contribution in [2.24, 2.45) is 0 Å². The molecule has 0 heterocycles. The Kier molecular flexibility index (Phi) is 5.95. The molecule has 0 radical (unpaired) electrons. The molecule has 0 aliphatic carbocycles. The van der Waals surface area contributed by atoms with Crippen LogP contribution in [0.15, 0.2) is 18.2 Å². The van der Waals surface area contributed by atoms with Gasteiger partial charge in [-0.15, -0.1) is 0 Å². The van der Waals surface area contributed by atoms with Gasteiger partial charge in [-0.2, -0.15) is 0 Å². The van der Waals surface area contributed by atoms with Crippen molar-refractivity contribution in [2.75, 3.05) is 12.9 Å². The van der Waals surface area contributed by atoms with Crippen LogP contribution in [0.4, 0.5) is 0 Å². The van der Waals surface area contributed by atoms with Gasteiger partial charge in [0.25, 0.3) is 0 Å². The van der Waals surface area contributed by atoms with Crippen molar-refractivity contribution < 1.29 is 19.7 Å². The zero-order valence-corrected chi connectivity index (χ0v) is 11.7. The fourth-order valence-corrected chi connectivity index (χ4v) is 2.25. The van der Waals surface area contributed by atoms with Crippen LogP contribution in [-0.2, 0) is 4.79 Å². The fourth-order valence-electron chi connectivity index (χ4n) is 1.38. The third-order valence-corrected chi connectivity index (χ3v) is 3.59. The summed E-state index contributed by atoms with van der Waals surface area (Å²) in [7, 11) is 1.51. The molecule has 2 unspecified atom stereocenters. The summed E-state index contributed by atoms with van der Waals surface area (Å²) in [6.07, 6.45) is -2.18. The summed E-state index contributed by atoms with van der Waals surface area (Å²) in [6, 6.07) is 4.80. The molecule has 2 N–H and O–H groups in total. The summed E-state index contributed by atoms with van der Waals surface area (Å²) in [5.41, 5.74) is 0.411. The van der Waals surface area contributed by atoms with Gasteiger partial charge in [0.05, 0.1) is 18.2 Å². The van der Waals surface area contributed by atoms with Crippen molar-refractivity contribution in [1.29, 1.82) is 0 Å². The molecule has 100 valence electrons. The van der Waals surface area contributed by atoms with Crippen molar-refractivity contribution in [3.05, 3.63) is 28.8 Å². The molecule has 6 heteroatoms. The minimum absolute atomic E-state index is 0.109. The molecule has 1 aromatic rings. The van der Waals surface area contributed by atoms with E-state index in [2.05, 4.69) is 0 Å². The molecule has 4 nitrogen and oxygen atoms in total. The third kappa shape index (κ3) is 4.17. The van der Waals surface area contributed by atoms with Gasteiger partial charge in [0, 0.05) is 18.2 Å². The van der Waals surface area contributed by atoms with Gasteiger partial charge in [-0.25, -0.2) is 0 Å². The summed E-state index contributed by atoms with van der Waals surface area (Å²) in [4.78, 5) is 10.8. The van der Waals surface area contributed by atoms with Gasteiger partial charge in [-0.3, -0.25) is 4.79 Å². The van der Waals surface area contributed by atoms with E-state index in [1.54, 1.807) is 18.2 Å². The van der Waals surface area contributed by atoms with Crippen LogP contribution in [0.1, 0.15) is 18.6 Å². The van der Waals surface area contributed by atoms with Crippen molar-refractivity contribution in [3.63, 3.8) is 0 Å². The average molecular weight is 291 g/mol. The fraction of sp³-hybridized carbons (Fsp3) is 0.417. The number of methoxy groups -OCH3 is 1. The lowest BCUT2D eigenvalue weighted by atomic mass is 10.1. The lowest BCUT2D eigenvalue weighted by Crippen LogP contribution is -2.21. The predicted octanol–water partition coefficient (Wildman–Crippen LogP) is 2.02. The Balaban J connectivity index is 2.76. The Morgan fingerprint density at radius 1 is 1.50 bits per heavy atom. The van der Waals surface area contributed by atoms with E-state index in [0.717, 1.165) is 11.8 Å². The van der Waals surface area contributed by atoms with E-state index in [4.69, 9.17) is 16.3 Å². The summed E-state index contributed by atoms with van der Waals surface area (Å²) in [5.74, 6) is 0.697. The Hall–Kier alpha value is -0.750. The standard InChI is InChI=1S/C12H15ClO4S/c1-7(14)18-6-11(15)12(16)9-4-3-8(17-2)5-10(9)13/h3-5,11-12,15-16H,6H2,1-2H3. The van der Waals surface area contributed by atoms with Gasteiger partial charge >= 0.3 is 0 Å². The summed E-state index contributed by atoms with van der Waals surface area (Å²) in [5, 5.41) is 19.9. The normalized spacial score (nSPS) is 14.1. The molecule has 1 aromatic carbocycles. The van der Waals surface area contributed by atoms with Crippen molar-refractivity contribution in [1.82, 2.24) is 0 Å². The molecule has 0 bridgehead atoms. The second-order valence-electron chi connectivity index (χ2n) is 3.70. The first-order valence-electron chi connectivity index (χ1n) is 5.28. The number of aliphatic hydroxyl groups excluding tert-OH is 2. The molecule has 0 aliphatic rings. The monoisotopic (exact) mass is 290 g/mol. The number of carbonyl (C=O) groups is 1. The van der Waals surface area contributed by atoms with E-state index in [9.17, 15) is 15.0 Å². The molecule has 0 amide bonds. The quantitative estimate of drug-likeness (QED) is 0.868. The summed E-state index contributed by atoms with van der Waals surface area (Å²) in [6.45, 7) is 1.41. The molecular weight excluding hydrogens is 276 g/mol. The topological polar surface area (TPSA) is 66.8 Å². The van der Waals surface area contributed by atoms with E-state index < -0.39 is 12.2 Å². The first-order valence-corrected chi connectivity index (χ1v) is 6.65. The van der Waals surface area contributed by atoms with Gasteiger partial charge in [-0.05, 0) is 12.1 Å². The smallest absolute Gasteiger partial charge is 0.185 e. The molecule has 0 aliphatic heterocycles. The van der Waals surface area contributed by atoms with Crippen LogP contribution < -0.4 is 4.74 Å². The Labute approximate surface area is 115 Å². The SMILES string of the molecule is COc1ccc(C(O)C(O)CSC(C)=O)c(Cl)c1. The number of thioether (sulfide) groups is 1. The zero-order valence-electron chi connectivity index (χ0n) is 10.1. The second kappa shape index (κ2) is 6.99. The largest absolute Gasteiger partial charge is 0.497 e. The molecule has 18 heavy (non-hydrogen) atoms. The number of hydrogen-bond donors (Lipinski definition) is 2. The number of hydrogen-bond acceptors (Lipinski definition) is 5. The molecule has 0 aromatic heterocycles. The first-order chi connectivity index (χ1) is 8.45. The predicted molar refractivity (Wildman–Crippen MR) is 72.1 cm³/mol. The molecule has 2 atom stereocenters. The number of halogens is 1. The van der Waals surface area contributed by atoms with Crippen molar-refractivity contribution in [2.45, 2.75) is 19.1 Å². The van der Waals surface area contributed by atoms with Crippen LogP contribution in [0.5, 0.6) is 5.75 Å². The van der Waals surface area contributed by atoms with E-state index in [0.29, 0.717) is 16.3 Å². The molecule has 0 spiro atoms. The molecule has 0 fully saturated rings. The van der Waals surface area contributed by atoms with Gasteiger partial charge in [0.2, 0.25) is 0 Å². The van der Waals surface area contributed by atoms with Crippen molar-refractivity contribution in [3.8, 4) is 5.75 Å². The van der Waals surface area contributed by atoms with Crippen molar-refractivity contribution >= 4 is 28.5 Å². The van der Waals surface area contributed by atoms with Crippen LogP contribution >= 0.6 is 23.4 Å². The highest BCUT2D eigenvalue weighted by atomic mass is 35.5. The number of carbonyl (C=O) groups excluding carboxylic acids is 1. The Morgan fingerprint density at radius 2 is 2.17 bits per heavy atom. The third-order valence-electron chi connectivity index (χ3n) is 2.35. The van der Waals surface area contributed by atoms with E-state index in [1.807, 2.05) is 0 Å². The molecular formula is C12H15ClO4S. The maximum Gasteiger partial charge on any atom is 0.185 e. The highest BCUT2D eigenvalue weighted by Crippen LogP contribution is 2.29. The number of benzene rings is 1. The molecule has 1 rings (SSSR count). The minimum atomic E-state index is -1.13. The highest BCUT2D eigenvalue weighted by molar-refractivity contribution is 8.13. The maximum atomic E-state index is 10.8. The summed E-state index contributed by atoms with van der Waals surface area (Å²) < 4.78 is 4.99. The van der Waals surface area contributed by atoms with E-state index in [1.165, 1.54) is 14.0 Å². The van der Waals surface area contributed by atoms with Crippen LogP contribution in [-0.4, -0.2) is 34.3 Å². The lowest BCUT2D eigenvalue weighted by molar-refractivity contribution is -0.109. The van der Waals surface area contributed by atoms with Gasteiger partial charge < -0.3 is 14.9 Å². The van der Waals surface area contributed by atoms with E-state index >= 15 is 0 Å². The van der Waals surface area contributed by atoms with Crippen LogP contribution in [0.2, 0.25) is 5.02 Å². The van der Waals surface area contributed by atoms with Crippen LogP contribution in [0.25, 0.3) is 0 Å². The number of rotatable bonds is 5. The van der Waals surface area contributed by atoms with Gasteiger partial charge in [-0.1, -0.05) is 29.4 Å². The zero-order chi connectivity index (χ0) is 13.7. The first kappa shape index (κ1) is 15.3. The Bertz CT molecular complexity index is 425. The second-order valence-corrected chi connectivity index (χ2v) is 5.31. The van der Waals surface area contributed by atoms with Gasteiger partial charge in [0.1, 0.15) is 11.9 Å². The minimum Gasteiger partial charge on any atom is -0.497 e. The van der Waals surface area contributed by atoms with E-state index in [-0.39, 0.29) is 10.9 Å². The highest BCUT2D eigenvalue weighted by Gasteiger charge is 2.21. The number of aliphatic hydroxyl groups is 2.